The van der Waals surface area contributed by atoms with E-state index >= 15 is 0 Å². The SMILES string of the molecule is C=CC1=C(C(=O)O)N2C(=O)C(NC(=O)/C(=N/OCC(=O)OC(C)(C)C)c3csc(N)n3)(NC(=O)/C(=N/OCC(=O)O)c3nsc(N)n3)[C@H]2SC1. The number of nitrogens with zero attached hydrogens (tertiary/aromatic N) is 6. The molecule has 2 aromatic rings. The van der Waals surface area contributed by atoms with Gasteiger partial charge in [-0.15, -0.1) is 23.1 Å². The number of esters is 1. The van der Waals surface area contributed by atoms with Crippen LogP contribution in [0.5, 0.6) is 0 Å². The Hall–Kier alpha value is -5.62. The van der Waals surface area contributed by atoms with Gasteiger partial charge in [-0.3, -0.25) is 19.3 Å². The molecule has 0 bridgehead atoms. The standard InChI is InChI=1S/C26H28N10O11S3/c1-5-10-8-48-22-26(21(44)36(22)16(10)20(42)43,32-19(41)15(34-45-6-12(37)38)17-30-24(28)50-35-17)31-18(40)14(11-9-49-23(27)29-11)33-46-7-13(39)47-25(2,3)4/h5,9,22H,1,6-8H2,2-4H3,(H2,27,29)(H,31,40)(H,32,41)(H,37,38)(H,42,43)(H2,28,30,35)/b33-14+,34-15+/t22-,26?/m1/s1. The Morgan fingerprint density at radius 1 is 1.08 bits per heavy atom. The number of ether oxygens (including phenoxy) is 1. The highest BCUT2D eigenvalue weighted by Crippen LogP contribution is 2.45. The number of β-lactam (4-membered cyclic amide) rings is 1. The molecule has 0 spiro atoms. The molecule has 21 nitrogen and oxygen atoms in total. The number of oxime groups is 2. The molecule has 4 heterocycles. The highest BCUT2D eigenvalue weighted by molar-refractivity contribution is 8.00. The molecule has 0 aromatic carbocycles. The zero-order valence-corrected chi connectivity index (χ0v) is 28.6. The molecule has 4 rings (SSSR count). The molecule has 1 fully saturated rings. The van der Waals surface area contributed by atoms with E-state index in [0.717, 1.165) is 28.0 Å². The van der Waals surface area contributed by atoms with Gasteiger partial charge in [-0.05, 0) is 26.3 Å². The van der Waals surface area contributed by atoms with Crippen molar-refractivity contribution in [3.63, 3.8) is 0 Å². The van der Waals surface area contributed by atoms with Crippen molar-refractivity contribution in [2.45, 2.75) is 37.4 Å². The lowest BCUT2D eigenvalue weighted by molar-refractivity contribution is -0.162. The van der Waals surface area contributed by atoms with Gasteiger partial charge in [-0.2, -0.15) is 9.36 Å². The first-order valence-corrected chi connectivity index (χ1v) is 16.5. The van der Waals surface area contributed by atoms with Crippen molar-refractivity contribution in [3.05, 3.63) is 40.8 Å². The predicted molar refractivity (Wildman–Crippen MR) is 176 cm³/mol. The van der Waals surface area contributed by atoms with E-state index < -0.39 is 88.4 Å². The highest BCUT2D eigenvalue weighted by Gasteiger charge is 2.67. The predicted octanol–water partition coefficient (Wildman–Crippen LogP) is -0.905. The summed E-state index contributed by atoms with van der Waals surface area (Å²) in [4.78, 5) is 95.7. The topological polar surface area (TPSA) is 313 Å². The smallest absolute Gasteiger partial charge is 0.352 e. The fraction of sp³-hybridized carbons (Fsp3) is 0.346. The Morgan fingerprint density at radius 2 is 1.72 bits per heavy atom. The van der Waals surface area contributed by atoms with Crippen LogP contribution >= 0.6 is 34.6 Å². The number of carboxylic acids is 2. The molecule has 1 unspecified atom stereocenters. The molecular formula is C26H28N10O11S3. The van der Waals surface area contributed by atoms with E-state index in [0.29, 0.717) is 11.5 Å². The van der Waals surface area contributed by atoms with Crippen LogP contribution in [0, 0.1) is 0 Å². The van der Waals surface area contributed by atoms with Gasteiger partial charge in [0.15, 0.2) is 16.0 Å². The van der Waals surface area contributed by atoms with E-state index in [1.807, 2.05) is 0 Å². The average Bonchev–Trinajstić information content (AvgIpc) is 3.66. The summed E-state index contributed by atoms with van der Waals surface area (Å²) in [6, 6.07) is 0. The summed E-state index contributed by atoms with van der Waals surface area (Å²) in [5.74, 6) is -7.81. The number of carbonyl (C=O) groups is 6. The van der Waals surface area contributed by atoms with Crippen molar-refractivity contribution in [2.75, 3.05) is 30.4 Å². The van der Waals surface area contributed by atoms with Crippen molar-refractivity contribution in [3.8, 4) is 0 Å². The van der Waals surface area contributed by atoms with Crippen LogP contribution in [0.4, 0.5) is 10.3 Å². The number of rotatable bonds is 14. The van der Waals surface area contributed by atoms with Crippen LogP contribution in [0.15, 0.2) is 39.6 Å². The number of fused-ring (bicyclic) bond motifs is 1. The molecule has 8 N–H and O–H groups in total. The summed E-state index contributed by atoms with van der Waals surface area (Å²) in [5.41, 5.74) is 6.33. The number of thioether (sulfide) groups is 1. The second-order valence-corrected chi connectivity index (χ2v) is 13.6. The molecule has 2 aliphatic rings. The van der Waals surface area contributed by atoms with Gasteiger partial charge in [-0.25, -0.2) is 19.4 Å². The molecule has 266 valence electrons. The maximum absolute atomic E-state index is 14.0. The molecule has 0 radical (unpaired) electrons. The van der Waals surface area contributed by atoms with Crippen molar-refractivity contribution in [1.29, 1.82) is 0 Å². The molecule has 0 saturated carbocycles. The number of allylic oxidation sites excluding steroid dienone is 1. The largest absolute Gasteiger partial charge is 0.479 e. The summed E-state index contributed by atoms with van der Waals surface area (Å²) in [7, 11) is 0. The number of aliphatic carboxylic acids is 2. The molecular weight excluding hydrogens is 725 g/mol. The van der Waals surface area contributed by atoms with Crippen LogP contribution in [0.1, 0.15) is 32.3 Å². The summed E-state index contributed by atoms with van der Waals surface area (Å²) in [6.45, 7) is 6.74. The minimum Gasteiger partial charge on any atom is -0.479 e. The minimum atomic E-state index is -2.44. The van der Waals surface area contributed by atoms with Crippen LogP contribution in [0.2, 0.25) is 0 Å². The number of nitrogen functional groups attached to an aromatic ring is 2. The fourth-order valence-corrected chi connectivity index (χ4v) is 6.66. The third-order valence-electron chi connectivity index (χ3n) is 6.12. The molecule has 2 atom stereocenters. The van der Waals surface area contributed by atoms with E-state index in [1.54, 1.807) is 20.8 Å². The first-order chi connectivity index (χ1) is 23.5. The van der Waals surface area contributed by atoms with Crippen LogP contribution in [-0.4, -0.2) is 112 Å². The maximum Gasteiger partial charge on any atom is 0.352 e. The number of carbonyl (C=O) groups excluding carboxylic acids is 4. The number of hydrogen-bond acceptors (Lipinski definition) is 19. The van der Waals surface area contributed by atoms with E-state index in [2.05, 4.69) is 41.9 Å². The summed E-state index contributed by atoms with van der Waals surface area (Å²) < 4.78 is 9.04. The van der Waals surface area contributed by atoms with E-state index in [9.17, 15) is 33.9 Å². The zero-order chi connectivity index (χ0) is 37.0. The summed E-state index contributed by atoms with van der Waals surface area (Å²) in [5, 5.41) is 30.8. The van der Waals surface area contributed by atoms with E-state index in [4.69, 9.17) is 31.0 Å². The zero-order valence-electron chi connectivity index (χ0n) is 26.2. The number of hydrogen-bond donors (Lipinski definition) is 6. The average molecular weight is 753 g/mol. The normalized spacial score (nSPS) is 19.1. The Morgan fingerprint density at radius 3 is 2.26 bits per heavy atom. The molecule has 0 aliphatic carbocycles. The lowest BCUT2D eigenvalue weighted by Crippen LogP contribution is -2.86. The maximum atomic E-state index is 14.0. The summed E-state index contributed by atoms with van der Waals surface area (Å²) >= 11 is 2.53. The van der Waals surface area contributed by atoms with E-state index in [1.165, 1.54) is 11.5 Å². The van der Waals surface area contributed by atoms with Crippen molar-refractivity contribution < 1.29 is 53.4 Å². The number of carboxylic acid groups (broad SMARTS) is 2. The van der Waals surface area contributed by atoms with Crippen molar-refractivity contribution in [2.24, 2.45) is 10.3 Å². The summed E-state index contributed by atoms with van der Waals surface area (Å²) in [6.07, 6.45) is 1.25. The quantitative estimate of drug-likeness (QED) is 0.0447. The van der Waals surface area contributed by atoms with Gasteiger partial charge in [0.05, 0.1) is 0 Å². The van der Waals surface area contributed by atoms with Crippen molar-refractivity contribution in [1.82, 2.24) is 29.9 Å². The number of anilines is 2. The second-order valence-electron chi connectivity index (χ2n) is 10.9. The highest BCUT2D eigenvalue weighted by atomic mass is 32.2. The lowest BCUT2D eigenvalue weighted by atomic mass is 9.93. The van der Waals surface area contributed by atoms with Gasteiger partial charge in [0.1, 0.15) is 22.4 Å². The Bertz CT molecular complexity index is 1850. The number of amides is 3. The van der Waals surface area contributed by atoms with Gasteiger partial charge in [0.25, 0.3) is 17.7 Å². The van der Waals surface area contributed by atoms with Crippen LogP contribution in [0.25, 0.3) is 0 Å². The van der Waals surface area contributed by atoms with Gasteiger partial charge in [-0.1, -0.05) is 23.0 Å². The molecule has 2 aliphatic heterocycles. The van der Waals surface area contributed by atoms with Crippen LogP contribution in [-0.2, 0) is 43.2 Å². The molecule has 1 saturated heterocycles. The van der Waals surface area contributed by atoms with Crippen LogP contribution in [0.3, 0.4) is 0 Å². The second kappa shape index (κ2) is 14.9. The number of nitrogens with one attached hydrogen (secondary N) is 2. The third kappa shape index (κ3) is 8.15. The molecule has 50 heavy (non-hydrogen) atoms. The Labute approximate surface area is 293 Å². The Kier molecular flexibility index (Phi) is 11.1. The van der Waals surface area contributed by atoms with Gasteiger partial charge >= 0.3 is 17.9 Å². The lowest BCUT2D eigenvalue weighted by Gasteiger charge is -2.56. The molecule has 3 amide bonds. The van der Waals surface area contributed by atoms with Gasteiger partial charge in [0.2, 0.25) is 30.4 Å². The first kappa shape index (κ1) is 37.2. The Balaban J connectivity index is 1.75. The molecule has 2 aromatic heterocycles. The third-order valence-corrected chi connectivity index (χ3v) is 8.70. The number of aromatic nitrogens is 3. The van der Waals surface area contributed by atoms with Gasteiger partial charge < -0.3 is 46.7 Å². The number of nitrogens with two attached hydrogens (primary N) is 2. The van der Waals surface area contributed by atoms with Crippen LogP contribution < -0.4 is 22.1 Å². The number of thiazole rings is 1. The molecule has 24 heteroatoms. The van der Waals surface area contributed by atoms with E-state index in [-0.39, 0.29) is 27.3 Å². The van der Waals surface area contributed by atoms with Crippen molar-refractivity contribution >= 4 is 91.9 Å². The first-order valence-electron chi connectivity index (χ1n) is 13.8. The fourth-order valence-electron chi connectivity index (χ4n) is 4.26. The monoisotopic (exact) mass is 752 g/mol. The van der Waals surface area contributed by atoms with Gasteiger partial charge in [0, 0.05) is 22.7 Å². The minimum absolute atomic E-state index is 0.00910.